The molecule has 0 aliphatic rings. The number of para-hydroxylation sites is 3. The molecule has 12 aromatic carbocycles. The Hall–Kier alpha value is -8.72. The van der Waals surface area contributed by atoms with E-state index in [1.807, 2.05) is 12.1 Å². The van der Waals surface area contributed by atoms with Gasteiger partial charge in [0.2, 0.25) is 0 Å². The van der Waals surface area contributed by atoms with Gasteiger partial charge in [0.05, 0.1) is 11.4 Å². The second kappa shape index (κ2) is 15.5. The molecule has 2 heteroatoms. The maximum atomic E-state index is 6.31. The number of nitrogens with zero attached hydrogens (tertiary/aromatic N) is 1. The highest BCUT2D eigenvalue weighted by Crippen LogP contribution is 2.47. The topological polar surface area (TPSA) is 16.4 Å². The van der Waals surface area contributed by atoms with Gasteiger partial charge in [0.1, 0.15) is 11.2 Å². The zero-order valence-corrected chi connectivity index (χ0v) is 36.0. The fourth-order valence-corrected chi connectivity index (χ4v) is 10.3. The summed E-state index contributed by atoms with van der Waals surface area (Å²) < 4.78 is 6.31. The maximum Gasteiger partial charge on any atom is 0.136 e. The standard InChI is InChI=1S/C64H41NO/c1-3-15-50-42(13-1)31-32-47-41-48(36-39-53(47)50)55-18-6-9-24-61(55)65(49-37-33-46(34-38-49)56-21-12-26-63-64(56)59-19-7-10-25-62(59)66-63)60-23-8-5-17-54(60)45-29-27-44(28-30-45)52-20-11-22-57-51-16-4-2-14-43(51)35-40-58(52)57/h1-41H. The second-order valence-corrected chi connectivity index (χ2v) is 17.2. The molecule has 13 rings (SSSR count). The van der Waals surface area contributed by atoms with Crippen LogP contribution in [-0.4, -0.2) is 0 Å². The lowest BCUT2D eigenvalue weighted by molar-refractivity contribution is 0.669. The summed E-state index contributed by atoms with van der Waals surface area (Å²) in [5, 5.41) is 12.3. The van der Waals surface area contributed by atoms with E-state index < -0.39 is 0 Å². The van der Waals surface area contributed by atoms with Crippen LogP contribution in [0.4, 0.5) is 17.1 Å². The quantitative estimate of drug-likeness (QED) is 0.149. The molecule has 66 heavy (non-hydrogen) atoms. The van der Waals surface area contributed by atoms with E-state index in [1.165, 1.54) is 59.8 Å². The highest BCUT2D eigenvalue weighted by Gasteiger charge is 2.22. The molecule has 0 aliphatic heterocycles. The molecular formula is C64H41NO. The van der Waals surface area contributed by atoms with Crippen molar-refractivity contribution in [2.45, 2.75) is 0 Å². The summed E-state index contributed by atoms with van der Waals surface area (Å²) >= 11 is 0. The Balaban J connectivity index is 0.960. The van der Waals surface area contributed by atoms with Crippen molar-refractivity contribution >= 4 is 82.1 Å². The largest absolute Gasteiger partial charge is 0.456 e. The van der Waals surface area contributed by atoms with Gasteiger partial charge in [-0.1, -0.05) is 206 Å². The first-order chi connectivity index (χ1) is 32.7. The van der Waals surface area contributed by atoms with Gasteiger partial charge >= 0.3 is 0 Å². The fraction of sp³-hybridized carbons (Fsp3) is 0. The summed E-state index contributed by atoms with van der Waals surface area (Å²) in [4.78, 5) is 2.44. The summed E-state index contributed by atoms with van der Waals surface area (Å²) in [6, 6.07) is 90.4. The number of rotatable bonds is 7. The zero-order valence-electron chi connectivity index (χ0n) is 36.0. The highest BCUT2D eigenvalue weighted by atomic mass is 16.3. The molecular weight excluding hydrogens is 799 g/mol. The molecule has 13 aromatic rings. The molecule has 2 nitrogen and oxygen atoms in total. The Morgan fingerprint density at radius 3 is 1.47 bits per heavy atom. The van der Waals surface area contributed by atoms with Gasteiger partial charge in [-0.05, 0) is 119 Å². The Morgan fingerprint density at radius 2 is 0.712 bits per heavy atom. The summed E-state index contributed by atoms with van der Waals surface area (Å²) in [7, 11) is 0. The van der Waals surface area contributed by atoms with Crippen molar-refractivity contribution in [1.29, 1.82) is 0 Å². The van der Waals surface area contributed by atoms with Crippen LogP contribution < -0.4 is 4.90 Å². The Morgan fingerprint density at radius 1 is 0.258 bits per heavy atom. The van der Waals surface area contributed by atoms with Crippen LogP contribution >= 0.6 is 0 Å². The van der Waals surface area contributed by atoms with Crippen molar-refractivity contribution in [3.8, 4) is 44.5 Å². The van der Waals surface area contributed by atoms with E-state index in [-0.39, 0.29) is 0 Å². The second-order valence-electron chi connectivity index (χ2n) is 17.2. The van der Waals surface area contributed by atoms with Crippen LogP contribution in [0.5, 0.6) is 0 Å². The summed E-state index contributed by atoms with van der Waals surface area (Å²) in [6.07, 6.45) is 0. The molecule has 0 spiro atoms. The van der Waals surface area contributed by atoms with E-state index in [4.69, 9.17) is 4.42 Å². The Labute approximate surface area is 382 Å². The van der Waals surface area contributed by atoms with Crippen LogP contribution in [0, 0.1) is 0 Å². The minimum Gasteiger partial charge on any atom is -0.456 e. The van der Waals surface area contributed by atoms with Gasteiger partial charge in [-0.15, -0.1) is 0 Å². The summed E-state index contributed by atoms with van der Waals surface area (Å²) in [5.41, 5.74) is 14.4. The zero-order chi connectivity index (χ0) is 43.6. The molecule has 0 aliphatic carbocycles. The molecule has 308 valence electrons. The number of anilines is 3. The lowest BCUT2D eigenvalue weighted by Crippen LogP contribution is -2.12. The van der Waals surface area contributed by atoms with Gasteiger partial charge in [0, 0.05) is 27.6 Å². The van der Waals surface area contributed by atoms with Crippen LogP contribution in [0.3, 0.4) is 0 Å². The van der Waals surface area contributed by atoms with E-state index in [1.54, 1.807) is 0 Å². The predicted octanol–water partition coefficient (Wildman–Crippen LogP) is 18.3. The SMILES string of the molecule is c1ccc(N(c2ccc(-c3cccc4oc5ccccc5c34)cc2)c2ccccc2-c2ccc3c(ccc4ccccc43)c2)c(-c2ccc(-c3cccc4c3ccc3ccccc34)cc2)c1. The van der Waals surface area contributed by atoms with Gasteiger partial charge in [-0.2, -0.15) is 0 Å². The van der Waals surface area contributed by atoms with Crippen LogP contribution in [0.15, 0.2) is 253 Å². The van der Waals surface area contributed by atoms with Crippen molar-refractivity contribution in [2.75, 3.05) is 4.90 Å². The first kappa shape index (κ1) is 37.8. The molecule has 0 fully saturated rings. The third-order valence-corrected chi connectivity index (χ3v) is 13.5. The first-order valence-electron chi connectivity index (χ1n) is 22.7. The van der Waals surface area contributed by atoms with Crippen molar-refractivity contribution in [3.05, 3.63) is 249 Å². The first-order valence-corrected chi connectivity index (χ1v) is 22.7. The van der Waals surface area contributed by atoms with E-state index in [9.17, 15) is 0 Å². The van der Waals surface area contributed by atoms with Crippen LogP contribution in [0.1, 0.15) is 0 Å². The normalized spacial score (nSPS) is 11.6. The van der Waals surface area contributed by atoms with Crippen LogP contribution in [-0.2, 0) is 0 Å². The molecule has 0 amide bonds. The molecule has 0 saturated heterocycles. The number of fused-ring (bicyclic) bond motifs is 9. The Bertz CT molecular complexity index is 3990. The van der Waals surface area contributed by atoms with Crippen LogP contribution in [0.25, 0.3) is 110 Å². The van der Waals surface area contributed by atoms with Crippen molar-refractivity contribution in [1.82, 2.24) is 0 Å². The molecule has 1 aromatic heterocycles. The lowest BCUT2D eigenvalue weighted by Gasteiger charge is -2.30. The molecule has 0 atom stereocenters. The van der Waals surface area contributed by atoms with Crippen molar-refractivity contribution in [2.24, 2.45) is 0 Å². The van der Waals surface area contributed by atoms with E-state index in [0.717, 1.165) is 66.8 Å². The molecule has 1 heterocycles. The average molecular weight is 840 g/mol. The smallest absolute Gasteiger partial charge is 0.136 e. The fourth-order valence-electron chi connectivity index (χ4n) is 10.3. The van der Waals surface area contributed by atoms with E-state index >= 15 is 0 Å². The average Bonchev–Trinajstić information content (AvgIpc) is 3.78. The summed E-state index contributed by atoms with van der Waals surface area (Å²) in [6.45, 7) is 0. The summed E-state index contributed by atoms with van der Waals surface area (Å²) in [5.74, 6) is 0. The minimum atomic E-state index is 0.894. The maximum absolute atomic E-state index is 6.31. The number of hydrogen-bond donors (Lipinski definition) is 0. The van der Waals surface area contributed by atoms with Crippen molar-refractivity contribution < 1.29 is 4.42 Å². The van der Waals surface area contributed by atoms with E-state index in [2.05, 4.69) is 241 Å². The van der Waals surface area contributed by atoms with Gasteiger partial charge in [0.25, 0.3) is 0 Å². The van der Waals surface area contributed by atoms with Gasteiger partial charge < -0.3 is 9.32 Å². The van der Waals surface area contributed by atoms with Gasteiger partial charge in [-0.25, -0.2) is 0 Å². The third-order valence-electron chi connectivity index (χ3n) is 13.5. The van der Waals surface area contributed by atoms with Crippen molar-refractivity contribution in [3.63, 3.8) is 0 Å². The lowest BCUT2D eigenvalue weighted by atomic mass is 9.93. The predicted molar refractivity (Wildman–Crippen MR) is 280 cm³/mol. The minimum absolute atomic E-state index is 0.894. The monoisotopic (exact) mass is 839 g/mol. The molecule has 0 saturated carbocycles. The number of benzene rings is 12. The third kappa shape index (κ3) is 6.26. The molecule has 0 unspecified atom stereocenters. The highest BCUT2D eigenvalue weighted by molar-refractivity contribution is 6.14. The number of hydrogen-bond acceptors (Lipinski definition) is 2. The molecule has 0 N–H and O–H groups in total. The van der Waals surface area contributed by atoms with Gasteiger partial charge in [0.15, 0.2) is 0 Å². The Kier molecular flexibility index (Phi) is 8.89. The van der Waals surface area contributed by atoms with Crippen LogP contribution in [0.2, 0.25) is 0 Å². The molecule has 0 radical (unpaired) electrons. The molecule has 0 bridgehead atoms. The number of furan rings is 1. The van der Waals surface area contributed by atoms with E-state index in [0.29, 0.717) is 0 Å². The van der Waals surface area contributed by atoms with Gasteiger partial charge in [-0.3, -0.25) is 0 Å².